The van der Waals surface area contributed by atoms with Gasteiger partial charge in [0.2, 0.25) is 0 Å². The third kappa shape index (κ3) is 3.43. The van der Waals surface area contributed by atoms with E-state index >= 15 is 0 Å². The van der Waals surface area contributed by atoms with Crippen molar-refractivity contribution in [1.29, 1.82) is 0 Å². The van der Waals surface area contributed by atoms with Gasteiger partial charge in [-0.3, -0.25) is 9.78 Å². The molecule has 2 aromatic rings. The molecule has 0 atom stereocenters. The summed E-state index contributed by atoms with van der Waals surface area (Å²) in [6.07, 6.45) is 3.43. The number of pyridine rings is 1. The summed E-state index contributed by atoms with van der Waals surface area (Å²) in [5.41, 5.74) is 6.59. The van der Waals surface area contributed by atoms with Crippen molar-refractivity contribution in [2.45, 2.75) is 12.8 Å². The van der Waals surface area contributed by atoms with Crippen LogP contribution in [-0.2, 0) is 0 Å². The maximum absolute atomic E-state index is 12.1. The van der Waals surface area contributed by atoms with Crippen LogP contribution in [-0.4, -0.2) is 24.0 Å². The van der Waals surface area contributed by atoms with Gasteiger partial charge in [-0.25, -0.2) is 0 Å². The zero-order valence-corrected chi connectivity index (χ0v) is 11.3. The van der Waals surface area contributed by atoms with E-state index in [0.717, 1.165) is 18.2 Å². The fraction of sp³-hybridized carbons (Fsp3) is 0.286. The lowest BCUT2D eigenvalue weighted by molar-refractivity contribution is 0.0954. The first-order chi connectivity index (χ1) is 9.22. The highest BCUT2D eigenvalue weighted by Crippen LogP contribution is 2.22. The molecule has 0 unspecified atom stereocenters. The molecule has 0 aliphatic heterocycles. The summed E-state index contributed by atoms with van der Waals surface area (Å²) in [7, 11) is 0. The fourth-order valence-corrected chi connectivity index (χ4v) is 2.12. The van der Waals surface area contributed by atoms with Gasteiger partial charge < -0.3 is 11.1 Å². The van der Waals surface area contributed by atoms with E-state index in [1.54, 1.807) is 18.3 Å². The van der Waals surface area contributed by atoms with Crippen molar-refractivity contribution >= 4 is 28.4 Å². The average Bonchev–Trinajstić information content (AvgIpc) is 2.42. The van der Waals surface area contributed by atoms with Crippen LogP contribution in [0.5, 0.6) is 0 Å². The third-order valence-electron chi connectivity index (χ3n) is 2.83. The molecular formula is C14H16ClN3O. The molecule has 0 spiro atoms. The van der Waals surface area contributed by atoms with E-state index in [-0.39, 0.29) is 5.91 Å². The molecular weight excluding hydrogens is 262 g/mol. The lowest BCUT2D eigenvalue weighted by Crippen LogP contribution is -2.25. The second-order valence-electron chi connectivity index (χ2n) is 4.28. The standard InChI is InChI=1S/C14H16ClN3O/c15-11-8-10-4-3-7-17-13(10)12(9-11)14(19)18-6-2-1-5-16/h3-4,7-9H,1-2,5-6,16H2,(H,18,19). The van der Waals surface area contributed by atoms with E-state index in [0.29, 0.717) is 29.2 Å². The zero-order chi connectivity index (χ0) is 13.7. The predicted molar refractivity (Wildman–Crippen MR) is 77.4 cm³/mol. The van der Waals surface area contributed by atoms with Gasteiger partial charge in [-0.15, -0.1) is 0 Å². The number of carbonyl (C=O) groups excluding carboxylic acids is 1. The minimum absolute atomic E-state index is 0.150. The summed E-state index contributed by atoms with van der Waals surface area (Å²) in [6, 6.07) is 7.16. The number of rotatable bonds is 5. The van der Waals surface area contributed by atoms with Crippen LogP contribution < -0.4 is 11.1 Å². The number of nitrogens with zero attached hydrogens (tertiary/aromatic N) is 1. The number of halogens is 1. The molecule has 0 radical (unpaired) electrons. The van der Waals surface area contributed by atoms with Gasteiger partial charge in [-0.2, -0.15) is 0 Å². The Labute approximate surface area is 117 Å². The molecule has 0 saturated carbocycles. The molecule has 1 aromatic carbocycles. The number of fused-ring (bicyclic) bond motifs is 1. The highest BCUT2D eigenvalue weighted by Gasteiger charge is 2.11. The summed E-state index contributed by atoms with van der Waals surface area (Å²) < 4.78 is 0. The molecule has 3 N–H and O–H groups in total. The number of aromatic nitrogens is 1. The molecule has 0 aliphatic carbocycles. The topological polar surface area (TPSA) is 68.0 Å². The molecule has 1 heterocycles. The normalized spacial score (nSPS) is 10.6. The monoisotopic (exact) mass is 277 g/mol. The number of amides is 1. The minimum atomic E-state index is -0.150. The van der Waals surface area contributed by atoms with Crippen molar-refractivity contribution in [3.8, 4) is 0 Å². The summed E-state index contributed by atoms with van der Waals surface area (Å²) in [4.78, 5) is 16.4. The Balaban J connectivity index is 2.21. The SMILES string of the molecule is NCCCCNC(=O)c1cc(Cl)cc2cccnc12. The van der Waals surface area contributed by atoms with Crippen LogP contribution in [0.4, 0.5) is 0 Å². The van der Waals surface area contributed by atoms with Gasteiger partial charge in [0.1, 0.15) is 0 Å². The molecule has 2 rings (SSSR count). The third-order valence-corrected chi connectivity index (χ3v) is 3.05. The zero-order valence-electron chi connectivity index (χ0n) is 10.5. The van der Waals surface area contributed by atoms with Crippen molar-refractivity contribution in [3.05, 3.63) is 41.0 Å². The number of carbonyl (C=O) groups is 1. The maximum atomic E-state index is 12.1. The summed E-state index contributed by atoms with van der Waals surface area (Å²) in [5.74, 6) is -0.150. The largest absolute Gasteiger partial charge is 0.352 e. The number of hydrogen-bond acceptors (Lipinski definition) is 3. The van der Waals surface area contributed by atoms with Gasteiger partial charge in [0.05, 0.1) is 11.1 Å². The molecule has 19 heavy (non-hydrogen) atoms. The first-order valence-corrected chi connectivity index (χ1v) is 6.62. The van der Waals surface area contributed by atoms with Crippen molar-refractivity contribution in [3.63, 3.8) is 0 Å². The molecule has 1 aromatic heterocycles. The maximum Gasteiger partial charge on any atom is 0.253 e. The van der Waals surface area contributed by atoms with Crippen molar-refractivity contribution in [1.82, 2.24) is 10.3 Å². The summed E-state index contributed by atoms with van der Waals surface area (Å²) >= 11 is 6.03. The van der Waals surface area contributed by atoms with Crippen molar-refractivity contribution in [2.75, 3.05) is 13.1 Å². The smallest absolute Gasteiger partial charge is 0.253 e. The number of nitrogens with two attached hydrogens (primary N) is 1. The molecule has 100 valence electrons. The van der Waals surface area contributed by atoms with Gasteiger partial charge in [0, 0.05) is 23.2 Å². The van der Waals surface area contributed by atoms with Gasteiger partial charge in [-0.1, -0.05) is 17.7 Å². The van der Waals surface area contributed by atoms with Crippen LogP contribution in [0, 0.1) is 0 Å². The lowest BCUT2D eigenvalue weighted by atomic mass is 10.1. The summed E-state index contributed by atoms with van der Waals surface area (Å²) in [6.45, 7) is 1.24. The predicted octanol–water partition coefficient (Wildman–Crippen LogP) is 2.36. The Hall–Kier alpha value is -1.65. The van der Waals surface area contributed by atoms with Gasteiger partial charge in [0.15, 0.2) is 0 Å². The molecule has 0 saturated heterocycles. The quantitative estimate of drug-likeness (QED) is 0.825. The van der Waals surface area contributed by atoms with E-state index in [1.807, 2.05) is 12.1 Å². The Morgan fingerprint density at radius 1 is 1.37 bits per heavy atom. The molecule has 0 bridgehead atoms. The van der Waals surface area contributed by atoms with E-state index in [1.165, 1.54) is 0 Å². The lowest BCUT2D eigenvalue weighted by Gasteiger charge is -2.08. The first-order valence-electron chi connectivity index (χ1n) is 6.25. The van der Waals surface area contributed by atoms with Gasteiger partial charge in [-0.05, 0) is 37.6 Å². The van der Waals surface area contributed by atoms with Crippen LogP contribution in [0.3, 0.4) is 0 Å². The van der Waals surface area contributed by atoms with Crippen LogP contribution in [0.15, 0.2) is 30.5 Å². The highest BCUT2D eigenvalue weighted by atomic mass is 35.5. The number of nitrogens with one attached hydrogen (secondary N) is 1. The molecule has 0 fully saturated rings. The second-order valence-corrected chi connectivity index (χ2v) is 4.72. The molecule has 4 nitrogen and oxygen atoms in total. The Morgan fingerprint density at radius 2 is 2.21 bits per heavy atom. The average molecular weight is 278 g/mol. The summed E-state index contributed by atoms with van der Waals surface area (Å²) in [5, 5.41) is 4.26. The number of hydrogen-bond donors (Lipinski definition) is 2. The molecule has 1 amide bonds. The van der Waals surface area contributed by atoms with Crippen LogP contribution >= 0.6 is 11.6 Å². The van der Waals surface area contributed by atoms with E-state index in [2.05, 4.69) is 10.3 Å². The number of benzene rings is 1. The van der Waals surface area contributed by atoms with Gasteiger partial charge in [0.25, 0.3) is 5.91 Å². The second kappa shape index (κ2) is 6.50. The van der Waals surface area contributed by atoms with E-state index < -0.39 is 0 Å². The minimum Gasteiger partial charge on any atom is -0.352 e. The molecule has 5 heteroatoms. The fourth-order valence-electron chi connectivity index (χ4n) is 1.90. The molecule has 0 aliphatic rings. The first kappa shape index (κ1) is 13.8. The Kier molecular flexibility index (Phi) is 4.71. The van der Waals surface area contributed by atoms with E-state index in [4.69, 9.17) is 17.3 Å². The number of unbranched alkanes of at least 4 members (excludes halogenated alkanes) is 1. The van der Waals surface area contributed by atoms with Crippen molar-refractivity contribution < 1.29 is 4.79 Å². The van der Waals surface area contributed by atoms with Crippen LogP contribution in [0.2, 0.25) is 5.02 Å². The van der Waals surface area contributed by atoms with E-state index in [9.17, 15) is 4.79 Å². The van der Waals surface area contributed by atoms with Crippen molar-refractivity contribution in [2.24, 2.45) is 5.73 Å². The van der Waals surface area contributed by atoms with Crippen LogP contribution in [0.25, 0.3) is 10.9 Å². The Morgan fingerprint density at radius 3 is 3.00 bits per heavy atom. The Bertz CT molecular complexity index is 586. The van der Waals surface area contributed by atoms with Gasteiger partial charge >= 0.3 is 0 Å². The highest BCUT2D eigenvalue weighted by molar-refractivity contribution is 6.32. The van der Waals surface area contributed by atoms with Crippen LogP contribution in [0.1, 0.15) is 23.2 Å².